The number of aliphatic hydroxyl groups is 1. The fourth-order valence-electron chi connectivity index (χ4n) is 2.04. The van der Waals surface area contributed by atoms with E-state index in [1.807, 2.05) is 24.3 Å². The maximum Gasteiger partial charge on any atom is 0.231 e. The summed E-state index contributed by atoms with van der Waals surface area (Å²) in [5, 5.41) is 22.1. The average molecular weight is 273 g/mol. The van der Waals surface area contributed by atoms with Gasteiger partial charge in [-0.1, -0.05) is 12.1 Å². The molecular weight excluding hydrogens is 258 g/mol. The van der Waals surface area contributed by atoms with E-state index in [9.17, 15) is 5.11 Å². The van der Waals surface area contributed by atoms with Crippen LogP contribution in [0.15, 0.2) is 36.4 Å². The molecule has 0 amide bonds. The van der Waals surface area contributed by atoms with Gasteiger partial charge < -0.3 is 25.0 Å². The summed E-state index contributed by atoms with van der Waals surface area (Å²) in [4.78, 5) is 0. The Morgan fingerprint density at radius 2 is 1.75 bits per heavy atom. The zero-order valence-electron chi connectivity index (χ0n) is 10.8. The standard InChI is InChI=1S/C15H15NO4/c17-8-10-1-3-12(4-2-10)16-7-11-5-14-15(6-13(11)18)20-9-19-14/h1-6,16-18H,7-9H2. The van der Waals surface area contributed by atoms with E-state index in [2.05, 4.69) is 5.32 Å². The van der Waals surface area contributed by atoms with Gasteiger partial charge in [-0.3, -0.25) is 0 Å². The highest BCUT2D eigenvalue weighted by Crippen LogP contribution is 2.37. The zero-order chi connectivity index (χ0) is 13.9. The van der Waals surface area contributed by atoms with Gasteiger partial charge in [0.05, 0.1) is 6.61 Å². The summed E-state index contributed by atoms with van der Waals surface area (Å²) < 4.78 is 10.5. The van der Waals surface area contributed by atoms with Gasteiger partial charge in [-0.25, -0.2) is 0 Å². The molecule has 1 aliphatic rings. The van der Waals surface area contributed by atoms with E-state index < -0.39 is 0 Å². The zero-order valence-corrected chi connectivity index (χ0v) is 10.8. The minimum Gasteiger partial charge on any atom is -0.507 e. The number of phenolic OH excluding ortho intramolecular Hbond substituents is 1. The van der Waals surface area contributed by atoms with Crippen molar-refractivity contribution in [1.29, 1.82) is 0 Å². The summed E-state index contributed by atoms with van der Waals surface area (Å²) in [6.45, 7) is 0.693. The fourth-order valence-corrected chi connectivity index (χ4v) is 2.04. The molecule has 3 N–H and O–H groups in total. The molecule has 0 aliphatic carbocycles. The molecule has 0 radical (unpaired) electrons. The van der Waals surface area contributed by atoms with E-state index in [1.54, 1.807) is 12.1 Å². The first-order valence-corrected chi connectivity index (χ1v) is 6.31. The Morgan fingerprint density at radius 3 is 2.45 bits per heavy atom. The van der Waals surface area contributed by atoms with Crippen LogP contribution in [0.1, 0.15) is 11.1 Å². The summed E-state index contributed by atoms with van der Waals surface area (Å²) in [6, 6.07) is 10.8. The van der Waals surface area contributed by atoms with Gasteiger partial charge in [-0.05, 0) is 23.8 Å². The van der Waals surface area contributed by atoms with Crippen molar-refractivity contribution < 1.29 is 19.7 Å². The number of aromatic hydroxyl groups is 1. The predicted molar refractivity (Wildman–Crippen MR) is 73.9 cm³/mol. The molecule has 3 rings (SSSR count). The van der Waals surface area contributed by atoms with Crippen molar-refractivity contribution in [2.45, 2.75) is 13.2 Å². The van der Waals surface area contributed by atoms with Crippen LogP contribution >= 0.6 is 0 Å². The highest BCUT2D eigenvalue weighted by atomic mass is 16.7. The first-order chi connectivity index (χ1) is 9.76. The number of phenols is 1. The molecule has 20 heavy (non-hydrogen) atoms. The van der Waals surface area contributed by atoms with Gasteiger partial charge in [-0.2, -0.15) is 0 Å². The number of benzene rings is 2. The lowest BCUT2D eigenvalue weighted by atomic mass is 10.1. The monoisotopic (exact) mass is 273 g/mol. The highest BCUT2D eigenvalue weighted by Gasteiger charge is 2.16. The van der Waals surface area contributed by atoms with Gasteiger partial charge in [0.1, 0.15) is 5.75 Å². The van der Waals surface area contributed by atoms with Crippen LogP contribution in [0.5, 0.6) is 17.2 Å². The molecule has 2 aromatic rings. The van der Waals surface area contributed by atoms with Crippen molar-refractivity contribution in [2.75, 3.05) is 12.1 Å². The van der Waals surface area contributed by atoms with E-state index in [4.69, 9.17) is 14.6 Å². The number of rotatable bonds is 4. The molecule has 0 fully saturated rings. The van der Waals surface area contributed by atoms with Gasteiger partial charge >= 0.3 is 0 Å². The van der Waals surface area contributed by atoms with Crippen molar-refractivity contribution in [2.24, 2.45) is 0 Å². The molecule has 0 saturated carbocycles. The average Bonchev–Trinajstić information content (AvgIpc) is 2.92. The quantitative estimate of drug-likeness (QED) is 0.796. The molecule has 0 atom stereocenters. The molecule has 0 bridgehead atoms. The SMILES string of the molecule is OCc1ccc(NCc2cc3c(cc2O)OCO3)cc1. The fraction of sp³-hybridized carbons (Fsp3) is 0.200. The van der Waals surface area contributed by atoms with Crippen LogP contribution in [0.3, 0.4) is 0 Å². The molecule has 0 unspecified atom stereocenters. The third kappa shape index (κ3) is 2.48. The second kappa shape index (κ2) is 5.30. The number of hydrogen-bond donors (Lipinski definition) is 3. The second-order valence-corrected chi connectivity index (χ2v) is 4.54. The van der Waals surface area contributed by atoms with Crippen LogP contribution in [0.25, 0.3) is 0 Å². The smallest absolute Gasteiger partial charge is 0.231 e. The molecule has 1 heterocycles. The van der Waals surface area contributed by atoms with Crippen LogP contribution in [0.4, 0.5) is 5.69 Å². The Labute approximate surface area is 116 Å². The molecule has 1 aliphatic heterocycles. The summed E-state index contributed by atoms with van der Waals surface area (Å²) in [5.41, 5.74) is 2.52. The summed E-state index contributed by atoms with van der Waals surface area (Å²) in [7, 11) is 0. The van der Waals surface area contributed by atoms with Crippen LogP contribution in [-0.4, -0.2) is 17.0 Å². The number of nitrogens with one attached hydrogen (secondary N) is 1. The molecule has 0 saturated heterocycles. The number of ether oxygens (including phenoxy) is 2. The predicted octanol–water partition coefficient (Wildman–Crippen LogP) is 2.23. The summed E-state index contributed by atoms with van der Waals surface area (Å²) in [5.74, 6) is 1.39. The maximum absolute atomic E-state index is 9.93. The first kappa shape index (κ1) is 12.6. The molecule has 104 valence electrons. The minimum atomic E-state index is 0.0310. The van der Waals surface area contributed by atoms with Gasteiger partial charge in [0, 0.05) is 23.9 Å². The largest absolute Gasteiger partial charge is 0.507 e. The third-order valence-electron chi connectivity index (χ3n) is 3.19. The van der Waals surface area contributed by atoms with Gasteiger partial charge in [-0.15, -0.1) is 0 Å². The van der Waals surface area contributed by atoms with Crippen molar-refractivity contribution in [1.82, 2.24) is 0 Å². The van der Waals surface area contributed by atoms with Crippen LogP contribution in [-0.2, 0) is 13.2 Å². The van der Waals surface area contributed by atoms with Gasteiger partial charge in [0.15, 0.2) is 11.5 Å². The van der Waals surface area contributed by atoms with E-state index in [0.717, 1.165) is 16.8 Å². The summed E-state index contributed by atoms with van der Waals surface area (Å²) >= 11 is 0. The van der Waals surface area contributed by atoms with Gasteiger partial charge in [0.25, 0.3) is 0 Å². The molecular formula is C15H15NO4. The minimum absolute atomic E-state index is 0.0310. The van der Waals surface area contributed by atoms with Crippen LogP contribution in [0.2, 0.25) is 0 Å². The molecule has 2 aromatic carbocycles. The Morgan fingerprint density at radius 1 is 1.05 bits per heavy atom. The lowest BCUT2D eigenvalue weighted by Gasteiger charge is -2.09. The third-order valence-corrected chi connectivity index (χ3v) is 3.19. The Bertz CT molecular complexity index is 610. The van der Waals surface area contributed by atoms with Crippen LogP contribution in [0, 0.1) is 0 Å². The Balaban J connectivity index is 1.71. The number of anilines is 1. The number of hydrogen-bond acceptors (Lipinski definition) is 5. The number of aliphatic hydroxyl groups excluding tert-OH is 1. The maximum atomic E-state index is 9.93. The lowest BCUT2D eigenvalue weighted by molar-refractivity contribution is 0.174. The Hall–Kier alpha value is -2.40. The van der Waals surface area contributed by atoms with Crippen molar-refractivity contribution >= 4 is 5.69 Å². The second-order valence-electron chi connectivity index (χ2n) is 4.54. The molecule has 5 nitrogen and oxygen atoms in total. The normalized spacial score (nSPS) is 12.4. The van der Waals surface area contributed by atoms with Gasteiger partial charge in [0.2, 0.25) is 6.79 Å². The van der Waals surface area contributed by atoms with Crippen molar-refractivity contribution in [3.8, 4) is 17.2 Å². The van der Waals surface area contributed by atoms with E-state index in [0.29, 0.717) is 18.0 Å². The molecule has 5 heteroatoms. The Kier molecular flexibility index (Phi) is 3.35. The van der Waals surface area contributed by atoms with Crippen molar-refractivity contribution in [3.05, 3.63) is 47.5 Å². The van der Waals surface area contributed by atoms with E-state index in [1.165, 1.54) is 0 Å². The lowest BCUT2D eigenvalue weighted by Crippen LogP contribution is -2.00. The van der Waals surface area contributed by atoms with Crippen LogP contribution < -0.4 is 14.8 Å². The van der Waals surface area contributed by atoms with E-state index in [-0.39, 0.29) is 19.1 Å². The first-order valence-electron chi connectivity index (χ1n) is 6.31. The molecule has 0 spiro atoms. The van der Waals surface area contributed by atoms with E-state index >= 15 is 0 Å². The topological polar surface area (TPSA) is 71.0 Å². The van der Waals surface area contributed by atoms with Crippen molar-refractivity contribution in [3.63, 3.8) is 0 Å². The molecule has 0 aromatic heterocycles. The number of fused-ring (bicyclic) bond motifs is 1. The summed E-state index contributed by atoms with van der Waals surface area (Å²) in [6.07, 6.45) is 0. The highest BCUT2D eigenvalue weighted by molar-refractivity contribution is 5.53.